The molecule has 51 heavy (non-hydrogen) atoms. The molecule has 10 aromatic rings. The van der Waals surface area contributed by atoms with Crippen LogP contribution in [-0.4, -0.2) is 19.1 Å². The molecule has 0 saturated carbocycles. The van der Waals surface area contributed by atoms with E-state index in [9.17, 15) is 0 Å². The molecule has 5 heteroatoms. The van der Waals surface area contributed by atoms with Crippen molar-refractivity contribution in [2.75, 3.05) is 0 Å². The molecule has 0 aliphatic heterocycles. The molecule has 0 fully saturated rings. The normalized spacial score (nSPS) is 12.9. The van der Waals surface area contributed by atoms with Gasteiger partial charge in [0.1, 0.15) is 0 Å². The molecule has 6 aromatic carbocycles. The van der Waals surface area contributed by atoms with Crippen LogP contribution in [0.2, 0.25) is 0 Å². The summed E-state index contributed by atoms with van der Waals surface area (Å²) in [5.41, 5.74) is 11.7. The van der Waals surface area contributed by atoms with Crippen molar-refractivity contribution in [1.29, 1.82) is 0 Å². The zero-order chi connectivity index (χ0) is 33.5. The van der Waals surface area contributed by atoms with Gasteiger partial charge in [-0.1, -0.05) is 97.1 Å². The smallest absolute Gasteiger partial charge is 0.235 e. The Bertz CT molecular complexity index is 3050. The molecular formula is C46H30N4S. The lowest BCUT2D eigenvalue weighted by molar-refractivity contribution is 0.967. The molecule has 11 rings (SSSR count). The fraction of sp³-hybridized carbons (Fsp3) is 0.0435. The van der Waals surface area contributed by atoms with E-state index in [2.05, 4.69) is 155 Å². The number of rotatable bonds is 4. The monoisotopic (exact) mass is 670 g/mol. The Morgan fingerprint density at radius 1 is 0.569 bits per heavy atom. The number of allylic oxidation sites excluding steroid dienone is 1. The van der Waals surface area contributed by atoms with Crippen LogP contribution in [0.3, 0.4) is 0 Å². The van der Waals surface area contributed by atoms with Crippen LogP contribution in [0.5, 0.6) is 0 Å². The summed E-state index contributed by atoms with van der Waals surface area (Å²) in [6.45, 7) is 0. The first-order chi connectivity index (χ1) is 25.3. The van der Waals surface area contributed by atoms with Gasteiger partial charge in [0.2, 0.25) is 5.95 Å². The molecule has 0 saturated heterocycles. The fourth-order valence-corrected chi connectivity index (χ4v) is 9.46. The van der Waals surface area contributed by atoms with Crippen LogP contribution in [0.1, 0.15) is 17.7 Å². The van der Waals surface area contributed by atoms with Gasteiger partial charge in [0, 0.05) is 59.5 Å². The Labute approximate surface area is 298 Å². The molecule has 240 valence electrons. The molecule has 4 nitrogen and oxygen atoms in total. The summed E-state index contributed by atoms with van der Waals surface area (Å²) in [4.78, 5) is 10.1. The van der Waals surface area contributed by atoms with Crippen molar-refractivity contribution in [3.63, 3.8) is 0 Å². The third kappa shape index (κ3) is 4.32. The summed E-state index contributed by atoms with van der Waals surface area (Å²) in [6.07, 6.45) is 8.63. The molecule has 0 radical (unpaired) electrons. The van der Waals surface area contributed by atoms with Crippen molar-refractivity contribution >= 4 is 70.3 Å². The zero-order valence-corrected chi connectivity index (χ0v) is 28.4. The van der Waals surface area contributed by atoms with Gasteiger partial charge >= 0.3 is 0 Å². The number of nitrogens with zero attached hydrogens (tertiary/aromatic N) is 4. The van der Waals surface area contributed by atoms with Crippen molar-refractivity contribution in [3.8, 4) is 34.0 Å². The Kier molecular flexibility index (Phi) is 6.21. The highest BCUT2D eigenvalue weighted by Crippen LogP contribution is 2.41. The van der Waals surface area contributed by atoms with Crippen LogP contribution in [-0.2, 0) is 6.42 Å². The molecule has 1 aliphatic rings. The minimum Gasteiger partial charge on any atom is -0.310 e. The van der Waals surface area contributed by atoms with E-state index < -0.39 is 0 Å². The van der Waals surface area contributed by atoms with Crippen molar-refractivity contribution in [1.82, 2.24) is 19.1 Å². The number of para-hydroxylation sites is 2. The highest BCUT2D eigenvalue weighted by Gasteiger charge is 2.21. The molecule has 4 aromatic heterocycles. The van der Waals surface area contributed by atoms with E-state index in [1.165, 1.54) is 64.2 Å². The molecule has 0 bridgehead atoms. The fourth-order valence-electron chi connectivity index (χ4n) is 8.22. The number of aromatic nitrogens is 4. The van der Waals surface area contributed by atoms with Crippen molar-refractivity contribution in [2.45, 2.75) is 12.8 Å². The lowest BCUT2D eigenvalue weighted by Gasteiger charge is -2.13. The van der Waals surface area contributed by atoms with E-state index in [1.54, 1.807) is 0 Å². The van der Waals surface area contributed by atoms with E-state index in [0.29, 0.717) is 5.95 Å². The molecule has 1 aliphatic carbocycles. The molecule has 0 N–H and O–H groups in total. The maximum Gasteiger partial charge on any atom is 0.235 e. The maximum absolute atomic E-state index is 5.23. The predicted molar refractivity (Wildman–Crippen MR) is 214 cm³/mol. The highest BCUT2D eigenvalue weighted by atomic mass is 32.1. The zero-order valence-electron chi connectivity index (χ0n) is 27.6. The first kappa shape index (κ1) is 28.5. The number of thiophene rings is 1. The SMILES string of the molecule is C1=Cc2c(c3ccccc3n2-c2ccc3c(c2)c2ccccc2n3-c2nccc(-c3cccc(-c4cccc5c4sc4ccccc45)c3)n2)CC1. The summed E-state index contributed by atoms with van der Waals surface area (Å²) in [7, 11) is 0. The van der Waals surface area contributed by atoms with Crippen LogP contribution >= 0.6 is 11.3 Å². The lowest BCUT2D eigenvalue weighted by Crippen LogP contribution is -2.02. The second-order valence-electron chi connectivity index (χ2n) is 13.3. The van der Waals surface area contributed by atoms with Crippen molar-refractivity contribution in [2.24, 2.45) is 0 Å². The largest absolute Gasteiger partial charge is 0.310 e. The molecule has 4 heterocycles. The summed E-state index contributed by atoms with van der Waals surface area (Å²) < 4.78 is 7.26. The van der Waals surface area contributed by atoms with Crippen LogP contribution < -0.4 is 0 Å². The van der Waals surface area contributed by atoms with E-state index in [1.807, 2.05) is 23.6 Å². The third-order valence-electron chi connectivity index (χ3n) is 10.5. The van der Waals surface area contributed by atoms with E-state index in [4.69, 9.17) is 9.97 Å². The van der Waals surface area contributed by atoms with Gasteiger partial charge in [-0.05, 0) is 84.1 Å². The predicted octanol–water partition coefficient (Wildman–Crippen LogP) is 12.2. The quantitative estimate of drug-likeness (QED) is 0.187. The topological polar surface area (TPSA) is 35.6 Å². The minimum atomic E-state index is 0.662. The second-order valence-corrected chi connectivity index (χ2v) is 14.4. The van der Waals surface area contributed by atoms with Crippen LogP contribution in [0.25, 0.3) is 93.0 Å². The number of hydrogen-bond acceptors (Lipinski definition) is 3. The van der Waals surface area contributed by atoms with Crippen LogP contribution in [0, 0.1) is 0 Å². The number of hydrogen-bond donors (Lipinski definition) is 0. The van der Waals surface area contributed by atoms with Gasteiger partial charge in [-0.2, -0.15) is 0 Å². The van der Waals surface area contributed by atoms with Crippen LogP contribution in [0.4, 0.5) is 0 Å². The molecule has 0 spiro atoms. The molecule has 0 unspecified atom stereocenters. The van der Waals surface area contributed by atoms with Gasteiger partial charge in [-0.15, -0.1) is 11.3 Å². The lowest BCUT2D eigenvalue weighted by atomic mass is 10.00. The first-order valence-electron chi connectivity index (χ1n) is 17.5. The van der Waals surface area contributed by atoms with Gasteiger partial charge in [0.05, 0.1) is 22.2 Å². The van der Waals surface area contributed by atoms with E-state index in [-0.39, 0.29) is 0 Å². The average molecular weight is 671 g/mol. The minimum absolute atomic E-state index is 0.662. The second kappa shape index (κ2) is 11.1. The maximum atomic E-state index is 5.23. The summed E-state index contributed by atoms with van der Waals surface area (Å²) in [6, 6.07) is 50.3. The Balaban J connectivity index is 1.05. The van der Waals surface area contributed by atoms with Gasteiger partial charge in [0.15, 0.2) is 0 Å². The van der Waals surface area contributed by atoms with Gasteiger partial charge in [-0.25, -0.2) is 9.97 Å². The molecule has 0 atom stereocenters. The summed E-state index contributed by atoms with van der Waals surface area (Å²) in [5, 5.41) is 6.32. The number of fused-ring (bicyclic) bond motifs is 9. The van der Waals surface area contributed by atoms with Crippen molar-refractivity contribution < 1.29 is 0 Å². The standard InChI is InChI=1S/C46H30N4S/c1-5-19-40-33(13-1)34-14-2-6-20-41(34)49(40)31-23-24-43-38(28-31)35-15-3-7-21-42(35)50(43)46-47-26-25-39(48-46)30-12-9-11-29(27-30)32-17-10-18-37-36-16-4-8-22-44(36)51-45(32)37/h1,3-13,15-28H,2,14H2. The highest BCUT2D eigenvalue weighted by molar-refractivity contribution is 7.26. The number of aryl methyl sites for hydroxylation is 1. The van der Waals surface area contributed by atoms with Gasteiger partial charge in [0.25, 0.3) is 0 Å². The summed E-state index contributed by atoms with van der Waals surface area (Å²) in [5.74, 6) is 0.662. The van der Waals surface area contributed by atoms with Crippen LogP contribution in [0.15, 0.2) is 152 Å². The van der Waals surface area contributed by atoms with E-state index >= 15 is 0 Å². The average Bonchev–Trinajstić information content (AvgIpc) is 3.86. The Morgan fingerprint density at radius 3 is 2.24 bits per heavy atom. The molecular weight excluding hydrogens is 641 g/mol. The Hall–Kier alpha value is -6.30. The first-order valence-corrected chi connectivity index (χ1v) is 18.3. The van der Waals surface area contributed by atoms with Gasteiger partial charge < -0.3 is 4.57 Å². The van der Waals surface area contributed by atoms with Crippen molar-refractivity contribution in [3.05, 3.63) is 163 Å². The van der Waals surface area contributed by atoms with Gasteiger partial charge in [-0.3, -0.25) is 4.57 Å². The molecule has 0 amide bonds. The summed E-state index contributed by atoms with van der Waals surface area (Å²) >= 11 is 1.86. The Morgan fingerprint density at radius 2 is 1.31 bits per heavy atom. The number of benzene rings is 6. The van der Waals surface area contributed by atoms with E-state index in [0.717, 1.165) is 40.8 Å². The third-order valence-corrected chi connectivity index (χ3v) is 11.7.